The third kappa shape index (κ3) is 5.38. The minimum Gasteiger partial charge on any atom is -0.370 e. The molecule has 1 fully saturated rings. The molecule has 2 rings (SSSR count). The number of nitrogens with two attached hydrogens (primary N) is 1. The first-order chi connectivity index (χ1) is 11.4. The lowest BCUT2D eigenvalue weighted by atomic mass is 10.2. The lowest BCUT2D eigenvalue weighted by molar-refractivity contribution is 0.252. The molecule has 0 saturated carbocycles. The quantitative estimate of drug-likeness (QED) is 0.750. The maximum Gasteiger partial charge on any atom is 0.319 e. The van der Waals surface area contributed by atoms with E-state index in [2.05, 4.69) is 15.5 Å². The van der Waals surface area contributed by atoms with Gasteiger partial charge in [-0.1, -0.05) is 25.0 Å². The normalized spacial score (nSPS) is 17.0. The van der Waals surface area contributed by atoms with Crippen LogP contribution in [0.25, 0.3) is 0 Å². The summed E-state index contributed by atoms with van der Waals surface area (Å²) < 4.78 is 22.4. The highest BCUT2D eigenvalue weighted by molar-refractivity contribution is 7.89. The molecular formula is C16H26N4O3S. The van der Waals surface area contributed by atoms with Crippen molar-refractivity contribution in [3.63, 3.8) is 0 Å². The van der Waals surface area contributed by atoms with E-state index < -0.39 is 21.3 Å². The highest BCUT2D eigenvalue weighted by Gasteiger charge is 2.18. The van der Waals surface area contributed by atoms with Gasteiger partial charge in [0.1, 0.15) is 0 Å². The van der Waals surface area contributed by atoms with Gasteiger partial charge in [0.25, 0.3) is 0 Å². The SMILES string of the molecule is C[C@H](CNC(=O)Nc1ccccc1N1CCCCCC1)S(N)(=O)=O. The first kappa shape index (κ1) is 18.5. The number of amides is 2. The summed E-state index contributed by atoms with van der Waals surface area (Å²) in [7, 11) is -3.65. The molecule has 1 aliphatic rings. The molecule has 0 aromatic heterocycles. The van der Waals surface area contributed by atoms with Crippen molar-refractivity contribution in [2.24, 2.45) is 5.14 Å². The van der Waals surface area contributed by atoms with E-state index in [9.17, 15) is 13.2 Å². The van der Waals surface area contributed by atoms with E-state index in [1.54, 1.807) is 0 Å². The fourth-order valence-electron chi connectivity index (χ4n) is 2.69. The van der Waals surface area contributed by atoms with Crippen LogP contribution in [0.4, 0.5) is 16.2 Å². The van der Waals surface area contributed by atoms with E-state index >= 15 is 0 Å². The average Bonchev–Trinajstić information content (AvgIpc) is 2.81. The van der Waals surface area contributed by atoms with Crippen molar-refractivity contribution >= 4 is 27.4 Å². The van der Waals surface area contributed by atoms with Crippen LogP contribution in [0.2, 0.25) is 0 Å². The van der Waals surface area contributed by atoms with Crippen molar-refractivity contribution in [2.75, 3.05) is 29.9 Å². The van der Waals surface area contributed by atoms with E-state index in [4.69, 9.17) is 5.14 Å². The Hall–Kier alpha value is -1.80. The number of benzene rings is 1. The number of carbonyl (C=O) groups excluding carboxylic acids is 1. The topological polar surface area (TPSA) is 105 Å². The molecule has 1 aliphatic heterocycles. The number of rotatable bonds is 5. The Balaban J connectivity index is 2.00. The van der Waals surface area contributed by atoms with Gasteiger partial charge in [-0.05, 0) is 31.9 Å². The van der Waals surface area contributed by atoms with Crippen molar-refractivity contribution in [1.29, 1.82) is 0 Å². The zero-order chi connectivity index (χ0) is 17.6. The van der Waals surface area contributed by atoms with Gasteiger partial charge in [-0.15, -0.1) is 0 Å². The highest BCUT2D eigenvalue weighted by Crippen LogP contribution is 2.27. The van der Waals surface area contributed by atoms with Crippen molar-refractivity contribution in [3.8, 4) is 0 Å². The Morgan fingerprint density at radius 3 is 2.46 bits per heavy atom. The summed E-state index contributed by atoms with van der Waals surface area (Å²) in [5.74, 6) is 0. The monoisotopic (exact) mass is 354 g/mol. The Morgan fingerprint density at radius 2 is 1.83 bits per heavy atom. The maximum atomic E-state index is 12.1. The van der Waals surface area contributed by atoms with E-state index in [0.717, 1.165) is 37.3 Å². The molecule has 7 nitrogen and oxygen atoms in total. The van der Waals surface area contributed by atoms with Gasteiger partial charge < -0.3 is 15.5 Å². The summed E-state index contributed by atoms with van der Waals surface area (Å²) in [5.41, 5.74) is 1.72. The summed E-state index contributed by atoms with van der Waals surface area (Å²) in [4.78, 5) is 14.4. The van der Waals surface area contributed by atoms with Gasteiger partial charge in [0.05, 0.1) is 16.6 Å². The lowest BCUT2D eigenvalue weighted by Crippen LogP contribution is -2.40. The number of anilines is 2. The van der Waals surface area contributed by atoms with Crippen LogP contribution in [-0.4, -0.2) is 39.3 Å². The van der Waals surface area contributed by atoms with E-state index in [-0.39, 0.29) is 6.54 Å². The highest BCUT2D eigenvalue weighted by atomic mass is 32.2. The van der Waals surface area contributed by atoms with Gasteiger partial charge >= 0.3 is 6.03 Å². The molecule has 1 saturated heterocycles. The molecule has 4 N–H and O–H groups in total. The number of hydrogen-bond acceptors (Lipinski definition) is 4. The lowest BCUT2D eigenvalue weighted by Gasteiger charge is -2.25. The molecule has 8 heteroatoms. The maximum absolute atomic E-state index is 12.1. The number of urea groups is 1. The van der Waals surface area contributed by atoms with Crippen LogP contribution in [0.3, 0.4) is 0 Å². The first-order valence-electron chi connectivity index (χ1n) is 8.28. The minimum absolute atomic E-state index is 0.0312. The summed E-state index contributed by atoms with van der Waals surface area (Å²) in [5, 5.41) is 9.58. The van der Waals surface area contributed by atoms with Gasteiger partial charge in [-0.2, -0.15) is 0 Å². The van der Waals surface area contributed by atoms with Gasteiger partial charge in [0.2, 0.25) is 10.0 Å². The third-order valence-corrected chi connectivity index (χ3v) is 5.50. The smallest absolute Gasteiger partial charge is 0.319 e. The molecule has 0 spiro atoms. The van der Waals surface area contributed by atoms with Crippen molar-refractivity contribution < 1.29 is 13.2 Å². The Kier molecular flexibility index (Phi) is 6.44. The van der Waals surface area contributed by atoms with E-state index in [1.807, 2.05) is 24.3 Å². The second-order valence-electron chi connectivity index (χ2n) is 6.15. The molecule has 1 aromatic rings. The van der Waals surface area contributed by atoms with Crippen LogP contribution in [0, 0.1) is 0 Å². The fourth-order valence-corrected chi connectivity index (χ4v) is 3.00. The molecule has 2 amide bonds. The molecular weight excluding hydrogens is 328 g/mol. The molecule has 1 atom stereocenters. The summed E-state index contributed by atoms with van der Waals surface area (Å²) in [6.07, 6.45) is 4.76. The zero-order valence-corrected chi connectivity index (χ0v) is 14.8. The molecule has 1 heterocycles. The number of primary sulfonamides is 1. The van der Waals surface area contributed by atoms with Crippen molar-refractivity contribution in [2.45, 2.75) is 37.9 Å². The van der Waals surface area contributed by atoms with E-state index in [0.29, 0.717) is 0 Å². The number of nitrogens with one attached hydrogen (secondary N) is 2. The number of hydrogen-bond donors (Lipinski definition) is 3. The summed E-state index contributed by atoms with van der Waals surface area (Å²) >= 11 is 0. The minimum atomic E-state index is -3.65. The largest absolute Gasteiger partial charge is 0.370 e. The average molecular weight is 354 g/mol. The predicted octanol–water partition coefficient (Wildman–Crippen LogP) is 1.87. The first-order valence-corrected chi connectivity index (χ1v) is 9.89. The molecule has 24 heavy (non-hydrogen) atoms. The standard InChI is InChI=1S/C16H26N4O3S/c1-13(24(17,22)23)12-18-16(21)19-14-8-4-5-9-15(14)20-10-6-2-3-7-11-20/h4-5,8-9,13H,2-3,6-7,10-12H2,1H3,(H2,17,22,23)(H2,18,19,21)/t13-/m1/s1. The zero-order valence-electron chi connectivity index (χ0n) is 14.0. The van der Waals surface area contributed by atoms with Crippen LogP contribution in [-0.2, 0) is 10.0 Å². The molecule has 0 aliphatic carbocycles. The Bertz CT molecular complexity index is 655. The third-order valence-electron chi connectivity index (χ3n) is 4.21. The van der Waals surface area contributed by atoms with Gasteiger partial charge in [-0.3, -0.25) is 0 Å². The molecule has 0 unspecified atom stereocenters. The summed E-state index contributed by atoms with van der Waals surface area (Å²) in [6.45, 7) is 3.38. The number of para-hydroxylation sites is 2. The Labute approximate surface area is 143 Å². The van der Waals surface area contributed by atoms with Crippen LogP contribution < -0.4 is 20.7 Å². The second-order valence-corrected chi connectivity index (χ2v) is 8.14. The Morgan fingerprint density at radius 1 is 1.21 bits per heavy atom. The van der Waals surface area contributed by atoms with Crippen LogP contribution in [0.1, 0.15) is 32.6 Å². The number of sulfonamides is 1. The predicted molar refractivity (Wildman–Crippen MR) is 96.7 cm³/mol. The molecule has 0 radical (unpaired) electrons. The number of carbonyl (C=O) groups is 1. The molecule has 134 valence electrons. The second kappa shape index (κ2) is 8.34. The number of nitrogens with zero attached hydrogens (tertiary/aromatic N) is 1. The van der Waals surface area contributed by atoms with Crippen LogP contribution in [0.5, 0.6) is 0 Å². The van der Waals surface area contributed by atoms with Gasteiger partial charge in [0.15, 0.2) is 0 Å². The van der Waals surface area contributed by atoms with Crippen LogP contribution >= 0.6 is 0 Å². The van der Waals surface area contributed by atoms with Crippen molar-refractivity contribution in [1.82, 2.24) is 5.32 Å². The van der Waals surface area contributed by atoms with Crippen molar-refractivity contribution in [3.05, 3.63) is 24.3 Å². The van der Waals surface area contributed by atoms with E-state index in [1.165, 1.54) is 19.8 Å². The van der Waals surface area contributed by atoms with Gasteiger partial charge in [-0.25, -0.2) is 18.4 Å². The molecule has 1 aromatic carbocycles. The molecule has 0 bridgehead atoms. The van der Waals surface area contributed by atoms with Gasteiger partial charge in [0, 0.05) is 19.6 Å². The van der Waals surface area contributed by atoms with Crippen LogP contribution in [0.15, 0.2) is 24.3 Å². The fraction of sp³-hybridized carbons (Fsp3) is 0.562. The summed E-state index contributed by atoms with van der Waals surface area (Å²) in [6, 6.07) is 7.22.